The molecule has 1 aromatic rings. The highest BCUT2D eigenvalue weighted by Crippen LogP contribution is 2.24. The number of rotatable bonds is 5. The molecule has 1 aromatic carbocycles. The van der Waals surface area contributed by atoms with Crippen molar-refractivity contribution >= 4 is 21.6 Å². The minimum absolute atomic E-state index is 0.0792. The molecule has 0 aliphatic heterocycles. The van der Waals surface area contributed by atoms with Crippen molar-refractivity contribution in [3.8, 4) is 6.07 Å². The first-order valence-corrected chi connectivity index (χ1v) is 7.84. The average Bonchev–Trinajstić information content (AvgIpc) is 2.37. The SMILES string of the molecule is CCCC(C)N(C)S(=O)(=O)c1ccc(C#N)c(Cl)c1. The summed E-state index contributed by atoms with van der Waals surface area (Å²) in [5.41, 5.74) is 0.268. The van der Waals surface area contributed by atoms with Gasteiger partial charge in [0.15, 0.2) is 0 Å². The second kappa shape index (κ2) is 6.38. The van der Waals surface area contributed by atoms with E-state index in [1.165, 1.54) is 22.5 Å². The monoisotopic (exact) mass is 300 g/mol. The molecule has 0 amide bonds. The van der Waals surface area contributed by atoms with Crippen LogP contribution >= 0.6 is 11.6 Å². The molecule has 0 aliphatic rings. The molecule has 0 spiro atoms. The quantitative estimate of drug-likeness (QED) is 0.839. The Morgan fingerprint density at radius 2 is 2.11 bits per heavy atom. The van der Waals surface area contributed by atoms with Crippen molar-refractivity contribution in [3.63, 3.8) is 0 Å². The van der Waals surface area contributed by atoms with E-state index < -0.39 is 10.0 Å². The molecule has 0 bridgehead atoms. The maximum atomic E-state index is 12.4. The van der Waals surface area contributed by atoms with Gasteiger partial charge >= 0.3 is 0 Å². The van der Waals surface area contributed by atoms with Crippen molar-refractivity contribution in [2.24, 2.45) is 0 Å². The van der Waals surface area contributed by atoms with Crippen LogP contribution in [0.25, 0.3) is 0 Å². The van der Waals surface area contributed by atoms with Crippen molar-refractivity contribution in [1.82, 2.24) is 4.31 Å². The zero-order valence-electron chi connectivity index (χ0n) is 11.2. The Balaban J connectivity index is 3.14. The van der Waals surface area contributed by atoms with Gasteiger partial charge in [-0.2, -0.15) is 9.57 Å². The summed E-state index contributed by atoms with van der Waals surface area (Å²) in [4.78, 5) is 0.113. The van der Waals surface area contributed by atoms with Crippen molar-refractivity contribution in [1.29, 1.82) is 5.26 Å². The van der Waals surface area contributed by atoms with Crippen LogP contribution in [0.15, 0.2) is 23.1 Å². The molecule has 0 N–H and O–H groups in total. The van der Waals surface area contributed by atoms with Crippen LogP contribution in [0, 0.1) is 11.3 Å². The highest BCUT2D eigenvalue weighted by Gasteiger charge is 2.25. The lowest BCUT2D eigenvalue weighted by molar-refractivity contribution is 0.369. The van der Waals surface area contributed by atoms with Gasteiger partial charge in [0.05, 0.1) is 15.5 Å². The molecular formula is C13H17ClN2O2S. The van der Waals surface area contributed by atoms with Gasteiger partial charge in [0.2, 0.25) is 10.0 Å². The standard InChI is InChI=1S/C13H17ClN2O2S/c1-4-5-10(2)16(3)19(17,18)12-7-6-11(9-15)13(14)8-12/h6-8,10H,4-5H2,1-3H3. The zero-order valence-corrected chi connectivity index (χ0v) is 12.8. The van der Waals surface area contributed by atoms with Crippen LogP contribution < -0.4 is 0 Å². The lowest BCUT2D eigenvalue weighted by Gasteiger charge is -2.24. The molecular weight excluding hydrogens is 284 g/mol. The molecule has 19 heavy (non-hydrogen) atoms. The normalized spacial score (nSPS) is 13.3. The third-order valence-corrected chi connectivity index (χ3v) is 5.35. The van der Waals surface area contributed by atoms with E-state index in [9.17, 15) is 8.42 Å². The first-order valence-electron chi connectivity index (χ1n) is 6.02. The number of benzene rings is 1. The van der Waals surface area contributed by atoms with Gasteiger partial charge in [0.25, 0.3) is 0 Å². The largest absolute Gasteiger partial charge is 0.243 e. The Bertz CT molecular complexity index is 593. The summed E-state index contributed by atoms with van der Waals surface area (Å²) < 4.78 is 26.1. The highest BCUT2D eigenvalue weighted by molar-refractivity contribution is 7.89. The van der Waals surface area contributed by atoms with E-state index in [4.69, 9.17) is 16.9 Å². The van der Waals surface area contributed by atoms with Gasteiger partial charge in [-0.3, -0.25) is 0 Å². The van der Waals surface area contributed by atoms with Crippen LogP contribution in [0.4, 0.5) is 0 Å². The summed E-state index contributed by atoms with van der Waals surface area (Å²) in [7, 11) is -2.01. The molecule has 0 saturated carbocycles. The first kappa shape index (κ1) is 16.0. The third-order valence-electron chi connectivity index (χ3n) is 3.07. The molecule has 0 aliphatic carbocycles. The summed E-state index contributed by atoms with van der Waals surface area (Å²) in [6.45, 7) is 3.88. The molecule has 1 atom stereocenters. The Hall–Kier alpha value is -1.09. The van der Waals surface area contributed by atoms with Crippen molar-refractivity contribution in [2.45, 2.75) is 37.6 Å². The molecule has 4 nitrogen and oxygen atoms in total. The minimum atomic E-state index is -3.57. The molecule has 1 unspecified atom stereocenters. The van der Waals surface area contributed by atoms with Crippen LogP contribution in [0.2, 0.25) is 5.02 Å². The van der Waals surface area contributed by atoms with E-state index >= 15 is 0 Å². The molecule has 0 radical (unpaired) electrons. The van der Waals surface area contributed by atoms with Gasteiger partial charge in [-0.25, -0.2) is 8.42 Å². The van der Waals surface area contributed by atoms with Crippen LogP contribution in [0.1, 0.15) is 32.3 Å². The van der Waals surface area contributed by atoms with Crippen molar-refractivity contribution in [3.05, 3.63) is 28.8 Å². The minimum Gasteiger partial charge on any atom is -0.207 e. The lowest BCUT2D eigenvalue weighted by Crippen LogP contribution is -2.35. The molecule has 0 heterocycles. The van der Waals surface area contributed by atoms with Crippen LogP contribution in [0.5, 0.6) is 0 Å². The number of nitrogens with zero attached hydrogens (tertiary/aromatic N) is 2. The number of hydrogen-bond acceptors (Lipinski definition) is 3. The molecule has 1 rings (SSSR count). The van der Waals surface area contributed by atoms with Crippen LogP contribution in [0.3, 0.4) is 0 Å². The summed E-state index contributed by atoms with van der Waals surface area (Å²) >= 11 is 5.88. The molecule has 0 fully saturated rings. The Morgan fingerprint density at radius 3 is 2.58 bits per heavy atom. The molecule has 104 valence electrons. The fraction of sp³-hybridized carbons (Fsp3) is 0.462. The van der Waals surface area contributed by atoms with E-state index in [0.29, 0.717) is 0 Å². The summed E-state index contributed by atoms with van der Waals surface area (Å²) in [6, 6.07) is 5.99. The van der Waals surface area contributed by atoms with Crippen molar-refractivity contribution in [2.75, 3.05) is 7.05 Å². The lowest BCUT2D eigenvalue weighted by atomic mass is 10.2. The predicted octanol–water partition coefficient (Wildman–Crippen LogP) is 3.02. The second-order valence-electron chi connectivity index (χ2n) is 4.41. The summed E-state index contributed by atoms with van der Waals surface area (Å²) in [6.07, 6.45) is 1.70. The fourth-order valence-electron chi connectivity index (χ4n) is 1.75. The summed E-state index contributed by atoms with van der Waals surface area (Å²) in [5, 5.41) is 8.94. The predicted molar refractivity (Wildman–Crippen MR) is 75.5 cm³/mol. The van der Waals surface area contributed by atoms with Gasteiger partial charge < -0.3 is 0 Å². The topological polar surface area (TPSA) is 61.2 Å². The molecule has 0 aromatic heterocycles. The Labute approximate surface area is 119 Å². The van der Waals surface area contributed by atoms with E-state index in [1.54, 1.807) is 7.05 Å². The maximum Gasteiger partial charge on any atom is 0.243 e. The van der Waals surface area contributed by atoms with E-state index in [2.05, 4.69) is 0 Å². The van der Waals surface area contributed by atoms with E-state index in [0.717, 1.165) is 12.8 Å². The van der Waals surface area contributed by atoms with Gasteiger partial charge in [-0.05, 0) is 31.5 Å². The van der Waals surface area contributed by atoms with Crippen LogP contribution in [-0.2, 0) is 10.0 Å². The van der Waals surface area contributed by atoms with Crippen molar-refractivity contribution < 1.29 is 8.42 Å². The average molecular weight is 301 g/mol. The molecule has 0 saturated heterocycles. The number of nitriles is 1. The smallest absolute Gasteiger partial charge is 0.207 e. The van der Waals surface area contributed by atoms with Gasteiger partial charge in [0, 0.05) is 13.1 Å². The summed E-state index contributed by atoms with van der Waals surface area (Å²) in [5.74, 6) is 0. The maximum absolute atomic E-state index is 12.4. The van der Waals surface area contributed by atoms with Gasteiger partial charge in [-0.1, -0.05) is 24.9 Å². The second-order valence-corrected chi connectivity index (χ2v) is 6.82. The highest BCUT2D eigenvalue weighted by atomic mass is 35.5. The number of halogens is 1. The van der Waals surface area contributed by atoms with Gasteiger partial charge in [0.1, 0.15) is 6.07 Å². The Kier molecular flexibility index (Phi) is 5.36. The number of sulfonamides is 1. The number of hydrogen-bond donors (Lipinski definition) is 0. The van der Waals surface area contributed by atoms with Crippen LogP contribution in [-0.4, -0.2) is 25.8 Å². The Morgan fingerprint density at radius 1 is 1.47 bits per heavy atom. The van der Waals surface area contributed by atoms with Gasteiger partial charge in [-0.15, -0.1) is 0 Å². The molecule has 6 heteroatoms. The third kappa shape index (κ3) is 3.47. The first-order chi connectivity index (χ1) is 8.84. The van der Waals surface area contributed by atoms with E-state index in [1.807, 2.05) is 19.9 Å². The van der Waals surface area contributed by atoms with E-state index in [-0.39, 0.29) is 21.5 Å². The zero-order chi connectivity index (χ0) is 14.6. The fourth-order valence-corrected chi connectivity index (χ4v) is 3.46.